The number of Topliss-reactive ketones (excluding diaryl/α,β-unsaturated/α-hetero) is 1. The highest BCUT2D eigenvalue weighted by Gasteiger charge is 2.60. The van der Waals surface area contributed by atoms with Crippen LogP contribution in [0, 0.1) is 28.6 Å². The zero-order valence-electron chi connectivity index (χ0n) is 20.8. The summed E-state index contributed by atoms with van der Waals surface area (Å²) in [6.45, 7) is 5.58. The minimum atomic E-state index is -1.49. The molecule has 0 radical (unpaired) electrons. The molecule has 5 aliphatic rings. The van der Waals surface area contributed by atoms with E-state index in [1.165, 1.54) is 0 Å². The topological polar surface area (TPSA) is 137 Å². The van der Waals surface area contributed by atoms with Crippen molar-refractivity contribution in [2.75, 3.05) is 6.61 Å². The molecule has 0 aromatic heterocycles. The molecule has 0 bridgehead atoms. The van der Waals surface area contributed by atoms with E-state index < -0.39 is 49.5 Å². The fraction of sp³-hybridized carbons (Fsp3) is 0.815. The summed E-state index contributed by atoms with van der Waals surface area (Å²) in [7, 11) is 0. The Balaban J connectivity index is 1.33. The quantitative estimate of drug-likeness (QED) is 0.370. The largest absolute Gasteiger partial charge is 0.394 e. The van der Waals surface area contributed by atoms with Gasteiger partial charge >= 0.3 is 0 Å². The third kappa shape index (κ3) is 3.79. The maximum absolute atomic E-state index is 12.3. The molecule has 5 N–H and O–H groups in total. The average Bonchev–Trinajstić information content (AvgIpc) is 3.18. The van der Waals surface area contributed by atoms with Crippen molar-refractivity contribution in [2.45, 2.75) is 102 Å². The summed E-state index contributed by atoms with van der Waals surface area (Å²) in [5, 5.41) is 51.4. The van der Waals surface area contributed by atoms with Crippen LogP contribution >= 0.6 is 0 Å². The van der Waals surface area contributed by atoms with E-state index in [1.54, 1.807) is 6.92 Å². The fourth-order valence-corrected chi connectivity index (χ4v) is 8.27. The molecule has 3 fully saturated rings. The maximum Gasteiger partial charge on any atom is 0.186 e. The van der Waals surface area contributed by atoms with Gasteiger partial charge in [0.25, 0.3) is 0 Å². The lowest BCUT2D eigenvalue weighted by molar-refractivity contribution is -0.315. The van der Waals surface area contributed by atoms with Crippen molar-refractivity contribution < 1.29 is 39.8 Å². The summed E-state index contributed by atoms with van der Waals surface area (Å²) in [6.07, 6.45) is 1.44. The zero-order valence-corrected chi connectivity index (χ0v) is 20.8. The van der Waals surface area contributed by atoms with Crippen LogP contribution in [0.2, 0.25) is 0 Å². The predicted molar refractivity (Wildman–Crippen MR) is 126 cm³/mol. The highest BCUT2D eigenvalue weighted by molar-refractivity contribution is 5.95. The summed E-state index contributed by atoms with van der Waals surface area (Å²) < 4.78 is 11.6. The van der Waals surface area contributed by atoms with E-state index in [4.69, 9.17) is 9.47 Å². The van der Waals surface area contributed by atoms with E-state index in [-0.39, 0.29) is 16.6 Å². The lowest BCUT2D eigenvalue weighted by atomic mass is 9.46. The number of ether oxygens (including phenoxy) is 2. The second kappa shape index (κ2) is 9.01. The van der Waals surface area contributed by atoms with Crippen molar-refractivity contribution in [1.29, 1.82) is 0 Å². The van der Waals surface area contributed by atoms with Crippen molar-refractivity contribution in [3.8, 4) is 0 Å². The summed E-state index contributed by atoms with van der Waals surface area (Å²) >= 11 is 0. The Labute approximate surface area is 206 Å². The summed E-state index contributed by atoms with van der Waals surface area (Å²) in [4.78, 5) is 12.3. The van der Waals surface area contributed by atoms with Crippen LogP contribution in [-0.4, -0.2) is 80.8 Å². The lowest BCUT2D eigenvalue weighted by Crippen LogP contribution is -2.60. The molecule has 2 saturated carbocycles. The van der Waals surface area contributed by atoms with Crippen LogP contribution < -0.4 is 0 Å². The molecule has 1 saturated heterocycles. The number of ketones is 1. The molecule has 12 atom stereocenters. The predicted octanol–water partition coefficient (Wildman–Crippen LogP) is 1.23. The van der Waals surface area contributed by atoms with Crippen molar-refractivity contribution >= 4 is 5.78 Å². The number of hydrogen-bond donors (Lipinski definition) is 5. The first kappa shape index (κ1) is 25.5. The molecule has 0 unspecified atom stereocenters. The van der Waals surface area contributed by atoms with E-state index in [0.29, 0.717) is 30.6 Å². The standard InChI is InChI=1S/C27H40O8/c1-13(29)17-6-7-18-16-5-4-14-10-15(34-25-24(33)23(32)22(31)20(12-28)35-25)11-21(30)27(14,3)19(16)8-9-26(17,18)2/h4,6,15-16,18-25,28,30-33H,5,7-12H2,1-3H3/t15-,16-,18-,19-,20+,21+,22+,23-,24+,25+,26+,27-/m0/s1. The molecule has 0 aromatic rings. The SMILES string of the molecule is CC(=O)C1=CC[C@H]2[C@@H]3CC=C4C[C@H](O[C@@H]5O[C@H](CO)[C@@H](O)[C@H](O)[C@H]5O)C[C@@H](O)[C@]4(C)[C@H]3CC[C@]12C. The highest BCUT2D eigenvalue weighted by Crippen LogP contribution is 2.65. The number of carbonyl (C=O) groups is 1. The van der Waals surface area contributed by atoms with Crippen molar-refractivity contribution in [3.63, 3.8) is 0 Å². The van der Waals surface area contributed by atoms with Crippen molar-refractivity contribution in [1.82, 2.24) is 0 Å². The Morgan fingerprint density at radius 3 is 2.51 bits per heavy atom. The molecular weight excluding hydrogens is 452 g/mol. The number of allylic oxidation sites excluding steroid dienone is 3. The van der Waals surface area contributed by atoms with E-state index in [0.717, 1.165) is 36.8 Å². The molecule has 0 spiro atoms. The molecule has 0 aromatic carbocycles. The zero-order chi connectivity index (χ0) is 25.3. The summed E-state index contributed by atoms with van der Waals surface area (Å²) in [6, 6.07) is 0. The summed E-state index contributed by atoms with van der Waals surface area (Å²) in [5.41, 5.74) is 1.69. The Morgan fingerprint density at radius 1 is 1.09 bits per heavy atom. The Morgan fingerprint density at radius 2 is 1.83 bits per heavy atom. The minimum Gasteiger partial charge on any atom is -0.394 e. The molecule has 4 aliphatic carbocycles. The number of hydrogen-bond acceptors (Lipinski definition) is 8. The molecular formula is C27H40O8. The van der Waals surface area contributed by atoms with Crippen molar-refractivity contribution in [2.24, 2.45) is 28.6 Å². The third-order valence-corrected chi connectivity index (χ3v) is 10.3. The Bertz CT molecular complexity index is 913. The van der Waals surface area contributed by atoms with Gasteiger partial charge in [-0.2, -0.15) is 0 Å². The number of fused-ring (bicyclic) bond motifs is 5. The van der Waals surface area contributed by atoms with Crippen LogP contribution in [0.4, 0.5) is 0 Å². The molecule has 1 aliphatic heterocycles. The fourth-order valence-electron chi connectivity index (χ4n) is 8.27. The van der Waals surface area contributed by atoms with E-state index in [9.17, 15) is 30.3 Å². The molecule has 8 heteroatoms. The maximum atomic E-state index is 12.3. The number of aliphatic hydroxyl groups is 5. The van der Waals surface area contributed by atoms with Gasteiger partial charge in [0.1, 0.15) is 24.4 Å². The average molecular weight is 493 g/mol. The van der Waals surface area contributed by atoms with Crippen molar-refractivity contribution in [3.05, 3.63) is 23.3 Å². The van der Waals surface area contributed by atoms with Gasteiger partial charge in [-0.15, -0.1) is 0 Å². The van der Waals surface area contributed by atoms with Gasteiger partial charge in [-0.05, 0) is 67.8 Å². The second-order valence-electron chi connectivity index (χ2n) is 11.9. The molecule has 8 nitrogen and oxygen atoms in total. The van der Waals surface area contributed by atoms with Gasteiger partial charge in [-0.3, -0.25) is 4.79 Å². The first-order valence-electron chi connectivity index (χ1n) is 13.1. The van der Waals surface area contributed by atoms with E-state index >= 15 is 0 Å². The molecule has 35 heavy (non-hydrogen) atoms. The van der Waals surface area contributed by atoms with Gasteiger partial charge in [-0.25, -0.2) is 0 Å². The van der Waals surface area contributed by atoms with Crippen LogP contribution in [0.5, 0.6) is 0 Å². The van der Waals surface area contributed by atoms with Crippen LogP contribution in [0.25, 0.3) is 0 Å². The van der Waals surface area contributed by atoms with Gasteiger partial charge in [0.15, 0.2) is 12.1 Å². The monoisotopic (exact) mass is 492 g/mol. The minimum absolute atomic E-state index is 0.0803. The first-order chi connectivity index (χ1) is 16.5. The Kier molecular flexibility index (Phi) is 6.57. The molecule has 1 heterocycles. The molecule has 196 valence electrons. The van der Waals surface area contributed by atoms with Gasteiger partial charge in [0.2, 0.25) is 0 Å². The van der Waals surface area contributed by atoms with Crippen LogP contribution in [-0.2, 0) is 14.3 Å². The lowest BCUT2D eigenvalue weighted by Gasteiger charge is -2.59. The van der Waals surface area contributed by atoms with E-state index in [1.807, 2.05) is 0 Å². The number of aliphatic hydroxyl groups excluding tert-OH is 5. The molecule has 5 rings (SSSR count). The van der Waals surface area contributed by atoms with Gasteiger partial charge < -0.3 is 35.0 Å². The van der Waals surface area contributed by atoms with Gasteiger partial charge in [0.05, 0.1) is 18.8 Å². The highest BCUT2D eigenvalue weighted by atomic mass is 16.7. The number of rotatable bonds is 4. The Hall–Kier alpha value is -1.13. The normalized spacial score (nSPS) is 51.5. The van der Waals surface area contributed by atoms with Gasteiger partial charge in [0, 0.05) is 11.8 Å². The van der Waals surface area contributed by atoms with Crippen LogP contribution in [0.1, 0.15) is 59.3 Å². The number of carbonyl (C=O) groups excluding carboxylic acids is 1. The first-order valence-corrected chi connectivity index (χ1v) is 13.1. The summed E-state index contributed by atoms with van der Waals surface area (Å²) in [5.74, 6) is 1.32. The smallest absolute Gasteiger partial charge is 0.186 e. The van der Waals surface area contributed by atoms with E-state index in [2.05, 4.69) is 26.0 Å². The van der Waals surface area contributed by atoms with Crippen LogP contribution in [0.15, 0.2) is 23.3 Å². The van der Waals surface area contributed by atoms with Gasteiger partial charge in [-0.1, -0.05) is 31.6 Å². The van der Waals surface area contributed by atoms with Crippen LogP contribution in [0.3, 0.4) is 0 Å². The second-order valence-corrected chi connectivity index (χ2v) is 11.9. The molecule has 0 amide bonds. The third-order valence-electron chi connectivity index (χ3n) is 10.3.